The van der Waals surface area contributed by atoms with E-state index < -0.39 is 5.82 Å². The number of rotatable bonds is 4. The van der Waals surface area contributed by atoms with Gasteiger partial charge in [-0.25, -0.2) is 4.39 Å². The van der Waals surface area contributed by atoms with Crippen LogP contribution in [0.15, 0.2) is 36.5 Å². The summed E-state index contributed by atoms with van der Waals surface area (Å²) < 4.78 is 12.9. The van der Waals surface area contributed by atoms with Gasteiger partial charge in [0.05, 0.1) is 0 Å². The highest BCUT2D eigenvalue weighted by atomic mass is 35.5. The van der Waals surface area contributed by atoms with Crippen LogP contribution < -0.4 is 0 Å². The van der Waals surface area contributed by atoms with Crippen LogP contribution in [0.25, 0.3) is 0 Å². The number of ketones is 1. The largest absolute Gasteiger partial charge is 0.292 e. The minimum Gasteiger partial charge on any atom is -0.292 e. The number of carbonyl (C=O) groups is 1. The highest BCUT2D eigenvalue weighted by Gasteiger charge is 2.14. The number of hydrogen-bond donors (Lipinski definition) is 0. The van der Waals surface area contributed by atoms with E-state index in [1.54, 1.807) is 12.3 Å². The van der Waals surface area contributed by atoms with Crippen molar-refractivity contribution in [1.82, 2.24) is 4.98 Å². The Morgan fingerprint density at radius 1 is 1.32 bits per heavy atom. The average molecular weight is 278 g/mol. The molecular weight excluding hydrogens is 265 g/mol. The molecule has 0 saturated carbocycles. The Balaban J connectivity index is 2.26. The lowest BCUT2D eigenvalue weighted by atomic mass is 10.0. The smallest absolute Gasteiger partial charge is 0.185 e. The summed E-state index contributed by atoms with van der Waals surface area (Å²) in [4.78, 5) is 16.3. The van der Waals surface area contributed by atoms with Crippen molar-refractivity contribution in [2.45, 2.75) is 19.8 Å². The Labute approximate surface area is 116 Å². The van der Waals surface area contributed by atoms with E-state index in [0.717, 1.165) is 12.0 Å². The molecule has 0 aliphatic carbocycles. The minimum absolute atomic E-state index is 0.106. The number of Topliss-reactive ketones (excluding diaryl/α,β-unsaturated/α-hetero) is 1. The quantitative estimate of drug-likeness (QED) is 0.794. The maximum atomic E-state index is 12.9. The van der Waals surface area contributed by atoms with E-state index >= 15 is 0 Å². The molecule has 0 unspecified atom stereocenters. The number of carbonyl (C=O) groups excluding carboxylic acids is 1. The molecule has 0 bridgehead atoms. The molecule has 2 aromatic rings. The zero-order chi connectivity index (χ0) is 13.8. The van der Waals surface area contributed by atoms with Crippen molar-refractivity contribution in [3.05, 3.63) is 64.2 Å². The first kappa shape index (κ1) is 13.7. The zero-order valence-corrected chi connectivity index (χ0v) is 11.2. The molecule has 0 N–H and O–H groups in total. The number of halogens is 2. The van der Waals surface area contributed by atoms with Crippen LogP contribution >= 0.6 is 11.6 Å². The molecule has 0 saturated heterocycles. The van der Waals surface area contributed by atoms with Crippen molar-refractivity contribution in [3.63, 3.8) is 0 Å². The summed E-state index contributed by atoms with van der Waals surface area (Å²) in [7, 11) is 0. The summed E-state index contributed by atoms with van der Waals surface area (Å²) in [5, 5.41) is 0.266. The normalized spacial score (nSPS) is 10.5. The third-order valence-corrected chi connectivity index (χ3v) is 3.25. The van der Waals surface area contributed by atoms with E-state index in [4.69, 9.17) is 11.6 Å². The van der Waals surface area contributed by atoms with E-state index in [-0.39, 0.29) is 17.2 Å². The fourth-order valence-corrected chi connectivity index (χ4v) is 2.13. The first-order valence-corrected chi connectivity index (χ1v) is 6.40. The van der Waals surface area contributed by atoms with Crippen LogP contribution in [0.5, 0.6) is 0 Å². The van der Waals surface area contributed by atoms with Crippen molar-refractivity contribution in [1.29, 1.82) is 0 Å². The minimum atomic E-state index is -0.409. The third kappa shape index (κ3) is 3.18. The lowest BCUT2D eigenvalue weighted by Crippen LogP contribution is -2.09. The van der Waals surface area contributed by atoms with Crippen molar-refractivity contribution in [2.75, 3.05) is 0 Å². The molecule has 0 aliphatic heterocycles. The van der Waals surface area contributed by atoms with Crippen LogP contribution in [-0.4, -0.2) is 10.8 Å². The van der Waals surface area contributed by atoms with E-state index in [9.17, 15) is 9.18 Å². The van der Waals surface area contributed by atoms with Gasteiger partial charge in [-0.1, -0.05) is 30.7 Å². The molecule has 2 nitrogen and oxygen atoms in total. The van der Waals surface area contributed by atoms with Gasteiger partial charge in [-0.15, -0.1) is 0 Å². The van der Waals surface area contributed by atoms with Gasteiger partial charge < -0.3 is 0 Å². The number of pyridine rings is 1. The summed E-state index contributed by atoms with van der Waals surface area (Å²) >= 11 is 5.92. The number of benzene rings is 1. The lowest BCUT2D eigenvalue weighted by Gasteiger charge is -2.07. The topological polar surface area (TPSA) is 30.0 Å². The van der Waals surface area contributed by atoms with Gasteiger partial charge in [-0.05, 0) is 35.7 Å². The Morgan fingerprint density at radius 3 is 2.79 bits per heavy atom. The van der Waals surface area contributed by atoms with Gasteiger partial charge in [-0.3, -0.25) is 9.78 Å². The Kier molecular flexibility index (Phi) is 4.27. The van der Waals surface area contributed by atoms with E-state index in [0.29, 0.717) is 11.3 Å². The first-order valence-electron chi connectivity index (χ1n) is 6.03. The molecule has 0 spiro atoms. The van der Waals surface area contributed by atoms with Crippen LogP contribution in [0.1, 0.15) is 28.5 Å². The van der Waals surface area contributed by atoms with E-state index in [1.165, 1.54) is 18.2 Å². The molecule has 1 aromatic heterocycles. The molecular formula is C15H13ClFNO. The number of nitrogens with zero attached hydrogens (tertiary/aromatic N) is 1. The van der Waals surface area contributed by atoms with Gasteiger partial charge in [-0.2, -0.15) is 0 Å². The molecule has 98 valence electrons. The van der Waals surface area contributed by atoms with Gasteiger partial charge in [0.2, 0.25) is 0 Å². The van der Waals surface area contributed by atoms with Gasteiger partial charge in [0.1, 0.15) is 11.5 Å². The standard InChI is InChI=1S/C15H13ClFNO/c1-2-10-4-3-7-18-15(10)14(19)8-11-5-6-12(17)9-13(11)16/h3-7,9H,2,8H2,1H3. The summed E-state index contributed by atoms with van der Waals surface area (Å²) in [6.07, 6.45) is 2.47. The molecule has 1 heterocycles. The van der Waals surface area contributed by atoms with E-state index in [1.807, 2.05) is 13.0 Å². The highest BCUT2D eigenvalue weighted by molar-refractivity contribution is 6.31. The molecule has 2 rings (SSSR count). The van der Waals surface area contributed by atoms with Crippen molar-refractivity contribution >= 4 is 17.4 Å². The molecule has 4 heteroatoms. The third-order valence-electron chi connectivity index (χ3n) is 2.90. The molecule has 0 fully saturated rings. The number of aromatic nitrogens is 1. The summed E-state index contributed by atoms with van der Waals surface area (Å²) in [6.45, 7) is 1.97. The Morgan fingerprint density at radius 2 is 2.11 bits per heavy atom. The van der Waals surface area contributed by atoms with Gasteiger partial charge in [0.25, 0.3) is 0 Å². The lowest BCUT2D eigenvalue weighted by molar-refractivity contribution is 0.0987. The van der Waals surface area contributed by atoms with Gasteiger partial charge >= 0.3 is 0 Å². The zero-order valence-electron chi connectivity index (χ0n) is 10.5. The maximum absolute atomic E-state index is 12.9. The molecule has 0 atom stereocenters. The average Bonchev–Trinajstić information content (AvgIpc) is 2.41. The summed E-state index contributed by atoms with van der Waals surface area (Å²) in [5.41, 5.74) is 1.98. The number of aryl methyl sites for hydroxylation is 1. The predicted molar refractivity (Wildman–Crippen MR) is 73.1 cm³/mol. The van der Waals surface area contributed by atoms with Crippen molar-refractivity contribution in [2.24, 2.45) is 0 Å². The SMILES string of the molecule is CCc1cccnc1C(=O)Cc1ccc(F)cc1Cl. The molecule has 1 aromatic carbocycles. The first-order chi connectivity index (χ1) is 9.11. The monoisotopic (exact) mass is 277 g/mol. The van der Waals surface area contributed by atoms with Crippen LogP contribution in [0.3, 0.4) is 0 Å². The fourth-order valence-electron chi connectivity index (χ4n) is 1.90. The molecule has 0 amide bonds. The second kappa shape index (κ2) is 5.93. The summed E-state index contributed by atoms with van der Waals surface area (Å²) in [5.74, 6) is -0.515. The Bertz CT molecular complexity index is 613. The van der Waals surface area contributed by atoms with Crippen LogP contribution in [0.2, 0.25) is 5.02 Å². The highest BCUT2D eigenvalue weighted by Crippen LogP contribution is 2.19. The molecule has 0 aliphatic rings. The second-order valence-corrected chi connectivity index (χ2v) is 4.61. The van der Waals surface area contributed by atoms with Crippen LogP contribution in [0, 0.1) is 5.82 Å². The van der Waals surface area contributed by atoms with Gasteiger partial charge in [0.15, 0.2) is 5.78 Å². The fraction of sp³-hybridized carbons (Fsp3) is 0.200. The van der Waals surface area contributed by atoms with Crippen molar-refractivity contribution < 1.29 is 9.18 Å². The Hall–Kier alpha value is -1.74. The van der Waals surface area contributed by atoms with E-state index in [2.05, 4.69) is 4.98 Å². The van der Waals surface area contributed by atoms with Crippen LogP contribution in [-0.2, 0) is 12.8 Å². The second-order valence-electron chi connectivity index (χ2n) is 4.20. The molecule has 19 heavy (non-hydrogen) atoms. The van der Waals surface area contributed by atoms with Gasteiger partial charge in [0, 0.05) is 17.6 Å². The maximum Gasteiger partial charge on any atom is 0.185 e. The summed E-state index contributed by atoms with van der Waals surface area (Å²) in [6, 6.07) is 7.73. The van der Waals surface area contributed by atoms with Crippen LogP contribution in [0.4, 0.5) is 4.39 Å². The number of hydrogen-bond acceptors (Lipinski definition) is 2. The predicted octanol–water partition coefficient (Wildman–Crippen LogP) is 3.86. The van der Waals surface area contributed by atoms with Crippen molar-refractivity contribution in [3.8, 4) is 0 Å². The molecule has 0 radical (unpaired) electrons.